The Morgan fingerprint density at radius 3 is 2.41 bits per heavy atom. The summed E-state index contributed by atoms with van der Waals surface area (Å²) in [7, 11) is 1.80. The van der Waals surface area contributed by atoms with Crippen LogP contribution in [0, 0.1) is 0 Å². The second-order valence-electron chi connectivity index (χ2n) is 5.91. The van der Waals surface area contributed by atoms with E-state index in [4.69, 9.17) is 4.74 Å². The molecule has 4 nitrogen and oxygen atoms in total. The smallest absolute Gasteiger partial charge is 0.410 e. The summed E-state index contributed by atoms with van der Waals surface area (Å²) < 4.78 is 5.32. The van der Waals surface area contributed by atoms with Gasteiger partial charge in [0.05, 0.1) is 0 Å². The van der Waals surface area contributed by atoms with Crippen molar-refractivity contribution in [1.82, 2.24) is 10.2 Å². The van der Waals surface area contributed by atoms with Gasteiger partial charge in [0.1, 0.15) is 5.60 Å². The zero-order chi connectivity index (χ0) is 13.1. The Hall–Kier alpha value is -0.770. The fraction of sp³-hybridized carbons (Fsp3) is 0.923. The molecule has 0 spiro atoms. The maximum atomic E-state index is 11.8. The van der Waals surface area contributed by atoms with Crippen LogP contribution in [0.2, 0.25) is 0 Å². The average molecular weight is 242 g/mol. The number of rotatable bonds is 3. The molecule has 0 bridgehead atoms. The van der Waals surface area contributed by atoms with Gasteiger partial charge in [-0.1, -0.05) is 6.92 Å². The van der Waals surface area contributed by atoms with Gasteiger partial charge in [-0.15, -0.1) is 0 Å². The fourth-order valence-electron chi connectivity index (χ4n) is 2.11. The van der Waals surface area contributed by atoms with Gasteiger partial charge >= 0.3 is 6.09 Å². The maximum Gasteiger partial charge on any atom is 0.410 e. The maximum absolute atomic E-state index is 11.8. The number of hydrogen-bond donors (Lipinski definition) is 1. The minimum Gasteiger partial charge on any atom is -0.444 e. The van der Waals surface area contributed by atoms with Crippen LogP contribution in [0.5, 0.6) is 0 Å². The van der Waals surface area contributed by atoms with Crippen molar-refractivity contribution in [2.45, 2.75) is 64.6 Å². The molecule has 1 saturated heterocycles. The first-order valence-corrected chi connectivity index (χ1v) is 6.52. The van der Waals surface area contributed by atoms with Crippen LogP contribution in [0.25, 0.3) is 0 Å². The Kier molecular flexibility index (Phi) is 4.80. The zero-order valence-electron chi connectivity index (χ0n) is 11.7. The molecule has 1 heterocycles. The van der Waals surface area contributed by atoms with E-state index in [1.54, 1.807) is 11.9 Å². The number of hydrogen-bond acceptors (Lipinski definition) is 3. The van der Waals surface area contributed by atoms with Crippen LogP contribution in [0.1, 0.15) is 47.0 Å². The lowest BCUT2D eigenvalue weighted by molar-refractivity contribution is 0.0285. The van der Waals surface area contributed by atoms with E-state index in [1.807, 2.05) is 20.8 Å². The summed E-state index contributed by atoms with van der Waals surface area (Å²) in [5, 5.41) is 3.54. The third-order valence-corrected chi connectivity index (χ3v) is 3.03. The van der Waals surface area contributed by atoms with E-state index >= 15 is 0 Å². The van der Waals surface area contributed by atoms with Crippen LogP contribution in [-0.2, 0) is 4.74 Å². The predicted molar refractivity (Wildman–Crippen MR) is 69.1 cm³/mol. The summed E-state index contributed by atoms with van der Waals surface area (Å²) in [5.41, 5.74) is -0.416. The van der Waals surface area contributed by atoms with Gasteiger partial charge in [-0.2, -0.15) is 0 Å². The lowest BCUT2D eigenvalue weighted by Gasteiger charge is -2.26. The molecule has 1 N–H and O–H groups in total. The van der Waals surface area contributed by atoms with Crippen molar-refractivity contribution in [2.75, 3.05) is 13.6 Å². The molecule has 1 amide bonds. The van der Waals surface area contributed by atoms with Crippen molar-refractivity contribution < 1.29 is 9.53 Å². The van der Waals surface area contributed by atoms with Gasteiger partial charge < -0.3 is 15.0 Å². The Bertz CT molecular complexity index is 261. The highest BCUT2D eigenvalue weighted by Crippen LogP contribution is 2.16. The van der Waals surface area contributed by atoms with Crippen LogP contribution in [-0.4, -0.2) is 42.3 Å². The Balaban J connectivity index is 2.34. The third kappa shape index (κ3) is 4.94. The minimum atomic E-state index is -0.416. The molecule has 1 aliphatic rings. The molecule has 100 valence electrons. The van der Waals surface area contributed by atoms with Gasteiger partial charge in [-0.25, -0.2) is 4.79 Å². The summed E-state index contributed by atoms with van der Waals surface area (Å²) in [4.78, 5) is 13.4. The summed E-state index contributed by atoms with van der Waals surface area (Å²) in [6, 6.07) is 1.03. The van der Waals surface area contributed by atoms with Crippen molar-refractivity contribution in [3.05, 3.63) is 0 Å². The lowest BCUT2D eigenvalue weighted by Crippen LogP contribution is -2.42. The fourth-order valence-corrected chi connectivity index (χ4v) is 2.11. The molecule has 0 saturated carbocycles. The highest BCUT2D eigenvalue weighted by molar-refractivity contribution is 5.67. The molecule has 0 aromatic heterocycles. The van der Waals surface area contributed by atoms with E-state index < -0.39 is 5.60 Å². The Morgan fingerprint density at radius 2 is 1.94 bits per heavy atom. The second kappa shape index (κ2) is 5.71. The molecule has 0 aromatic rings. The molecular weight excluding hydrogens is 216 g/mol. The molecule has 0 radical (unpaired) electrons. The minimum absolute atomic E-state index is 0.237. The predicted octanol–water partition coefficient (Wildman–Crippen LogP) is 2.38. The molecule has 0 aliphatic carbocycles. The third-order valence-electron chi connectivity index (χ3n) is 3.03. The van der Waals surface area contributed by atoms with Crippen molar-refractivity contribution in [3.8, 4) is 0 Å². The largest absolute Gasteiger partial charge is 0.444 e. The zero-order valence-corrected chi connectivity index (χ0v) is 11.7. The highest BCUT2D eigenvalue weighted by Gasteiger charge is 2.26. The van der Waals surface area contributed by atoms with E-state index in [9.17, 15) is 4.79 Å². The van der Waals surface area contributed by atoms with Crippen molar-refractivity contribution in [1.29, 1.82) is 0 Å². The van der Waals surface area contributed by atoms with Gasteiger partial charge in [0, 0.05) is 25.7 Å². The van der Waals surface area contributed by atoms with Crippen LogP contribution in [0.3, 0.4) is 0 Å². The topological polar surface area (TPSA) is 41.6 Å². The van der Waals surface area contributed by atoms with Crippen LogP contribution in [0.15, 0.2) is 0 Å². The SMILES string of the molecule is CCC1CCC(CN(C)C(=O)OC(C)(C)C)N1. The van der Waals surface area contributed by atoms with Crippen molar-refractivity contribution in [2.24, 2.45) is 0 Å². The molecule has 1 rings (SSSR count). The summed E-state index contributed by atoms with van der Waals surface area (Å²) in [6.07, 6.45) is 3.28. The summed E-state index contributed by atoms with van der Waals surface area (Å²) in [5.74, 6) is 0. The first-order chi connectivity index (χ1) is 7.81. The lowest BCUT2D eigenvalue weighted by atomic mass is 10.1. The van der Waals surface area contributed by atoms with Crippen molar-refractivity contribution in [3.63, 3.8) is 0 Å². The molecule has 4 heteroatoms. The Labute approximate surface area is 105 Å². The molecule has 1 fully saturated rings. The monoisotopic (exact) mass is 242 g/mol. The van der Waals surface area contributed by atoms with Crippen LogP contribution >= 0.6 is 0 Å². The molecule has 2 atom stereocenters. The van der Waals surface area contributed by atoms with Gasteiger partial charge in [0.25, 0.3) is 0 Å². The molecule has 1 aliphatic heterocycles. The highest BCUT2D eigenvalue weighted by atomic mass is 16.6. The van der Waals surface area contributed by atoms with E-state index in [1.165, 1.54) is 6.42 Å². The Morgan fingerprint density at radius 1 is 1.35 bits per heavy atom. The van der Waals surface area contributed by atoms with E-state index in [0.29, 0.717) is 12.1 Å². The van der Waals surface area contributed by atoms with Crippen LogP contribution < -0.4 is 5.32 Å². The van der Waals surface area contributed by atoms with E-state index in [0.717, 1.165) is 19.4 Å². The van der Waals surface area contributed by atoms with E-state index in [-0.39, 0.29) is 6.09 Å². The van der Waals surface area contributed by atoms with Gasteiger partial charge in [0.15, 0.2) is 0 Å². The van der Waals surface area contributed by atoms with Gasteiger partial charge in [0.2, 0.25) is 0 Å². The number of carbonyl (C=O) groups excluding carboxylic acids is 1. The quantitative estimate of drug-likeness (QED) is 0.826. The molecule has 17 heavy (non-hydrogen) atoms. The molecule has 2 unspecified atom stereocenters. The van der Waals surface area contributed by atoms with Crippen molar-refractivity contribution >= 4 is 6.09 Å². The summed E-state index contributed by atoms with van der Waals surface area (Å²) in [6.45, 7) is 8.59. The number of nitrogens with one attached hydrogen (secondary N) is 1. The number of amides is 1. The summed E-state index contributed by atoms with van der Waals surface area (Å²) >= 11 is 0. The molecular formula is C13H26N2O2. The van der Waals surface area contributed by atoms with Gasteiger partial charge in [-0.3, -0.25) is 0 Å². The molecule has 0 aromatic carbocycles. The second-order valence-corrected chi connectivity index (χ2v) is 5.91. The number of nitrogens with zero attached hydrogens (tertiary/aromatic N) is 1. The number of ether oxygens (including phenoxy) is 1. The average Bonchev–Trinajstić information content (AvgIpc) is 2.62. The van der Waals surface area contributed by atoms with Crippen LogP contribution in [0.4, 0.5) is 4.79 Å². The number of carbonyl (C=O) groups is 1. The first kappa shape index (κ1) is 14.3. The standard InChI is InChI=1S/C13H26N2O2/c1-6-10-7-8-11(14-10)9-15(5)12(16)17-13(2,3)4/h10-11,14H,6-9H2,1-5H3. The number of likely N-dealkylation sites (N-methyl/N-ethyl adjacent to an activating group) is 1. The van der Waals surface area contributed by atoms with E-state index in [2.05, 4.69) is 12.2 Å². The first-order valence-electron chi connectivity index (χ1n) is 6.52. The normalized spacial score (nSPS) is 24.8. The van der Waals surface area contributed by atoms with Gasteiger partial charge in [-0.05, 0) is 40.0 Å².